The van der Waals surface area contributed by atoms with Gasteiger partial charge in [-0.25, -0.2) is 0 Å². The van der Waals surface area contributed by atoms with Crippen LogP contribution in [0.5, 0.6) is 0 Å². The first-order valence-electron chi connectivity index (χ1n) is 7.20. The zero-order valence-corrected chi connectivity index (χ0v) is 11.2. The number of carbonyl (C=O) groups excluding carboxylic acids is 2. The molecule has 0 bridgehead atoms. The number of fused-ring (bicyclic) bond motifs is 1. The van der Waals surface area contributed by atoms with Gasteiger partial charge in [0.15, 0.2) is 0 Å². The molecule has 2 unspecified atom stereocenters. The highest BCUT2D eigenvalue weighted by molar-refractivity contribution is 6.35. The van der Waals surface area contributed by atoms with E-state index in [1.807, 2.05) is 0 Å². The molecule has 0 spiro atoms. The largest absolute Gasteiger partial charge is 0.346 e. The maximum absolute atomic E-state index is 11.7. The highest BCUT2D eigenvalue weighted by Crippen LogP contribution is 2.21. The Morgan fingerprint density at radius 1 is 1.26 bits per heavy atom. The lowest BCUT2D eigenvalue weighted by Crippen LogP contribution is -2.65. The summed E-state index contributed by atoms with van der Waals surface area (Å²) in [7, 11) is 0. The average molecular weight is 263 g/mol. The molecule has 0 aromatic heterocycles. The maximum Gasteiger partial charge on any atom is 0.312 e. The van der Waals surface area contributed by atoms with Crippen LogP contribution in [0.2, 0.25) is 0 Å². The molecular weight excluding hydrogens is 242 g/mol. The number of piperazine rings is 2. The molecule has 1 aliphatic carbocycles. The summed E-state index contributed by atoms with van der Waals surface area (Å²) < 4.78 is 0. The summed E-state index contributed by atoms with van der Waals surface area (Å²) in [4.78, 5) is 27.3. The second-order valence-electron chi connectivity index (χ2n) is 5.77. The van der Waals surface area contributed by atoms with Crippen molar-refractivity contribution in [3.8, 4) is 0 Å². The normalized spacial score (nSPS) is 32.1. The molecule has 2 aliphatic heterocycles. The van der Waals surface area contributed by atoms with Gasteiger partial charge in [-0.2, -0.15) is 0 Å². The van der Waals surface area contributed by atoms with E-state index in [1.54, 1.807) is 4.90 Å². The van der Waals surface area contributed by atoms with Crippen LogP contribution in [0.15, 0.2) is 12.2 Å². The van der Waals surface area contributed by atoms with Gasteiger partial charge in [0.25, 0.3) is 0 Å². The van der Waals surface area contributed by atoms with E-state index in [0.29, 0.717) is 13.1 Å². The molecule has 2 heterocycles. The number of hydrogen-bond acceptors (Lipinski definition) is 3. The fraction of sp³-hybridized carbons (Fsp3) is 0.714. The molecule has 0 radical (unpaired) electrons. The topological polar surface area (TPSA) is 52.7 Å². The Kier molecular flexibility index (Phi) is 3.55. The van der Waals surface area contributed by atoms with Crippen LogP contribution in [-0.4, -0.2) is 60.4 Å². The summed E-state index contributed by atoms with van der Waals surface area (Å²) in [6.07, 6.45) is 8.21. The van der Waals surface area contributed by atoms with Crippen LogP contribution < -0.4 is 5.32 Å². The predicted molar refractivity (Wildman–Crippen MR) is 71.4 cm³/mol. The van der Waals surface area contributed by atoms with Gasteiger partial charge in [0.1, 0.15) is 0 Å². The predicted octanol–water partition coefficient (Wildman–Crippen LogP) is -0.0147. The van der Waals surface area contributed by atoms with Crippen LogP contribution >= 0.6 is 0 Å². The third-order valence-corrected chi connectivity index (χ3v) is 4.41. The van der Waals surface area contributed by atoms with Crippen LogP contribution in [0.1, 0.15) is 19.3 Å². The van der Waals surface area contributed by atoms with Gasteiger partial charge >= 0.3 is 11.8 Å². The SMILES string of the molecule is O=C1NCC2CN(CC3CC=CCC3)CCN2C1=O. The van der Waals surface area contributed by atoms with Gasteiger partial charge in [0, 0.05) is 32.7 Å². The first-order chi connectivity index (χ1) is 9.24. The number of allylic oxidation sites excluding steroid dienone is 2. The molecular formula is C14H21N3O2. The van der Waals surface area contributed by atoms with Crippen molar-refractivity contribution in [2.75, 3.05) is 32.7 Å². The van der Waals surface area contributed by atoms with Crippen molar-refractivity contribution in [3.63, 3.8) is 0 Å². The van der Waals surface area contributed by atoms with Crippen molar-refractivity contribution in [3.05, 3.63) is 12.2 Å². The van der Waals surface area contributed by atoms with Gasteiger partial charge in [-0.15, -0.1) is 0 Å². The molecule has 5 heteroatoms. The zero-order valence-electron chi connectivity index (χ0n) is 11.2. The highest BCUT2D eigenvalue weighted by atomic mass is 16.2. The summed E-state index contributed by atoms with van der Waals surface area (Å²) in [6, 6.07) is 0.165. The number of hydrogen-bond donors (Lipinski definition) is 1. The second-order valence-corrected chi connectivity index (χ2v) is 5.77. The third kappa shape index (κ3) is 2.66. The van der Waals surface area contributed by atoms with Gasteiger partial charge in [-0.05, 0) is 25.2 Å². The summed E-state index contributed by atoms with van der Waals surface area (Å²) in [6.45, 7) is 4.21. The van der Waals surface area contributed by atoms with E-state index in [-0.39, 0.29) is 11.9 Å². The lowest BCUT2D eigenvalue weighted by molar-refractivity contribution is -0.152. The van der Waals surface area contributed by atoms with Crippen molar-refractivity contribution >= 4 is 11.8 Å². The molecule has 104 valence electrons. The number of rotatable bonds is 2. The molecule has 2 saturated heterocycles. The fourth-order valence-electron chi connectivity index (χ4n) is 3.33. The monoisotopic (exact) mass is 263 g/mol. The van der Waals surface area contributed by atoms with Gasteiger partial charge in [-0.3, -0.25) is 14.5 Å². The Morgan fingerprint density at radius 3 is 2.95 bits per heavy atom. The maximum atomic E-state index is 11.7. The Hall–Kier alpha value is -1.36. The first kappa shape index (κ1) is 12.7. The van der Waals surface area contributed by atoms with Crippen LogP contribution in [0.3, 0.4) is 0 Å². The molecule has 3 aliphatic rings. The van der Waals surface area contributed by atoms with E-state index < -0.39 is 5.91 Å². The second kappa shape index (κ2) is 5.33. The van der Waals surface area contributed by atoms with E-state index in [2.05, 4.69) is 22.4 Å². The molecule has 1 N–H and O–H groups in total. The first-order valence-corrected chi connectivity index (χ1v) is 7.20. The molecule has 2 fully saturated rings. The Morgan fingerprint density at radius 2 is 2.16 bits per heavy atom. The molecule has 19 heavy (non-hydrogen) atoms. The highest BCUT2D eigenvalue weighted by Gasteiger charge is 2.37. The number of amides is 2. The summed E-state index contributed by atoms with van der Waals surface area (Å²) >= 11 is 0. The summed E-state index contributed by atoms with van der Waals surface area (Å²) in [5.41, 5.74) is 0. The van der Waals surface area contributed by atoms with E-state index in [1.165, 1.54) is 19.3 Å². The average Bonchev–Trinajstić information content (AvgIpc) is 2.44. The van der Waals surface area contributed by atoms with E-state index in [0.717, 1.165) is 25.6 Å². The quantitative estimate of drug-likeness (QED) is 0.563. The molecule has 0 aromatic rings. The fourth-order valence-corrected chi connectivity index (χ4v) is 3.33. The summed E-state index contributed by atoms with van der Waals surface area (Å²) in [5.74, 6) is -0.0379. The van der Waals surface area contributed by atoms with Crippen LogP contribution in [0.25, 0.3) is 0 Å². The van der Waals surface area contributed by atoms with Crippen LogP contribution in [0.4, 0.5) is 0 Å². The van der Waals surface area contributed by atoms with Crippen molar-refractivity contribution < 1.29 is 9.59 Å². The minimum atomic E-state index is -0.442. The minimum Gasteiger partial charge on any atom is -0.346 e. The van der Waals surface area contributed by atoms with Crippen LogP contribution in [-0.2, 0) is 9.59 Å². The Bertz CT molecular complexity index is 407. The number of nitrogens with zero attached hydrogens (tertiary/aromatic N) is 2. The number of carbonyl (C=O) groups is 2. The molecule has 0 aromatic carbocycles. The lowest BCUT2D eigenvalue weighted by atomic mass is 9.93. The molecule has 0 saturated carbocycles. The molecule has 3 rings (SSSR count). The van der Waals surface area contributed by atoms with Crippen molar-refractivity contribution in [2.24, 2.45) is 5.92 Å². The zero-order chi connectivity index (χ0) is 13.2. The van der Waals surface area contributed by atoms with Crippen molar-refractivity contribution in [1.82, 2.24) is 15.1 Å². The molecule has 2 atom stereocenters. The molecule has 5 nitrogen and oxygen atoms in total. The van der Waals surface area contributed by atoms with Crippen LogP contribution in [0, 0.1) is 5.92 Å². The van der Waals surface area contributed by atoms with Gasteiger partial charge in [-0.1, -0.05) is 12.2 Å². The molecule has 2 amide bonds. The Balaban J connectivity index is 1.56. The Labute approximate surface area is 113 Å². The van der Waals surface area contributed by atoms with Gasteiger partial charge < -0.3 is 10.2 Å². The van der Waals surface area contributed by atoms with E-state index in [4.69, 9.17) is 0 Å². The third-order valence-electron chi connectivity index (χ3n) is 4.41. The van der Waals surface area contributed by atoms with E-state index in [9.17, 15) is 9.59 Å². The lowest BCUT2D eigenvalue weighted by Gasteiger charge is -2.44. The van der Waals surface area contributed by atoms with Gasteiger partial charge in [0.05, 0.1) is 6.04 Å². The summed E-state index contributed by atoms with van der Waals surface area (Å²) in [5, 5.41) is 2.69. The van der Waals surface area contributed by atoms with Crippen molar-refractivity contribution in [1.29, 1.82) is 0 Å². The van der Waals surface area contributed by atoms with Crippen molar-refractivity contribution in [2.45, 2.75) is 25.3 Å². The van der Waals surface area contributed by atoms with Gasteiger partial charge in [0.2, 0.25) is 0 Å². The minimum absolute atomic E-state index is 0.165. The van der Waals surface area contributed by atoms with E-state index >= 15 is 0 Å². The smallest absolute Gasteiger partial charge is 0.312 e. The standard InChI is InChI=1S/C14H21N3O2/c18-13-14(19)17-7-6-16(10-12(17)8-15-13)9-11-4-2-1-3-5-11/h1-2,11-12H,3-10H2,(H,15,18). The number of nitrogens with one attached hydrogen (secondary N) is 1.